The Bertz CT molecular complexity index is 682. The van der Waals surface area contributed by atoms with E-state index in [0.717, 1.165) is 17.5 Å². The fourth-order valence-corrected chi connectivity index (χ4v) is 2.49. The first-order valence-electron chi connectivity index (χ1n) is 7.69. The van der Waals surface area contributed by atoms with E-state index in [1.54, 1.807) is 18.2 Å². The number of aryl methyl sites for hydroxylation is 1. The molecule has 0 aromatic heterocycles. The first-order chi connectivity index (χ1) is 11.0. The van der Waals surface area contributed by atoms with E-state index in [1.165, 1.54) is 0 Å². The van der Waals surface area contributed by atoms with Gasteiger partial charge in [-0.25, -0.2) is 4.79 Å². The molecule has 0 radical (unpaired) electrons. The van der Waals surface area contributed by atoms with Crippen LogP contribution in [0.3, 0.4) is 0 Å². The standard InChI is InChI=1S/C19H21ClO3/c1-4-13(2)16-7-5-6-8-18(16)23-19(21)12-22-17-10-9-15(20)11-14(17)3/h5-11,13H,4,12H2,1-3H3. The van der Waals surface area contributed by atoms with Gasteiger partial charge in [-0.1, -0.05) is 43.6 Å². The van der Waals surface area contributed by atoms with Gasteiger partial charge in [-0.15, -0.1) is 0 Å². The van der Waals surface area contributed by atoms with E-state index in [2.05, 4.69) is 13.8 Å². The second-order valence-corrected chi connectivity index (χ2v) is 5.96. The number of hydrogen-bond donors (Lipinski definition) is 0. The van der Waals surface area contributed by atoms with Crippen LogP contribution in [0.2, 0.25) is 5.02 Å². The monoisotopic (exact) mass is 332 g/mol. The lowest BCUT2D eigenvalue weighted by molar-refractivity contribution is -0.136. The largest absolute Gasteiger partial charge is 0.482 e. The summed E-state index contributed by atoms with van der Waals surface area (Å²) < 4.78 is 11.0. The van der Waals surface area contributed by atoms with Gasteiger partial charge in [-0.3, -0.25) is 0 Å². The summed E-state index contributed by atoms with van der Waals surface area (Å²) in [6, 6.07) is 12.9. The van der Waals surface area contributed by atoms with Crippen LogP contribution in [0.1, 0.15) is 37.3 Å². The summed E-state index contributed by atoms with van der Waals surface area (Å²) in [5.41, 5.74) is 1.91. The molecule has 0 fully saturated rings. The smallest absolute Gasteiger partial charge is 0.349 e. The van der Waals surface area contributed by atoms with Crippen LogP contribution in [-0.4, -0.2) is 12.6 Å². The summed E-state index contributed by atoms with van der Waals surface area (Å²) in [6.45, 7) is 5.96. The molecular weight excluding hydrogens is 312 g/mol. The molecule has 0 N–H and O–H groups in total. The van der Waals surface area contributed by atoms with Gasteiger partial charge >= 0.3 is 5.97 Å². The molecule has 0 bridgehead atoms. The number of hydrogen-bond acceptors (Lipinski definition) is 3. The van der Waals surface area contributed by atoms with Gasteiger partial charge < -0.3 is 9.47 Å². The first kappa shape index (κ1) is 17.4. The van der Waals surface area contributed by atoms with Crippen molar-refractivity contribution in [2.45, 2.75) is 33.1 Å². The third-order valence-corrected chi connectivity index (χ3v) is 4.00. The van der Waals surface area contributed by atoms with Gasteiger partial charge in [0.15, 0.2) is 6.61 Å². The zero-order valence-electron chi connectivity index (χ0n) is 13.6. The highest BCUT2D eigenvalue weighted by atomic mass is 35.5. The normalized spacial score (nSPS) is 11.8. The molecule has 2 rings (SSSR count). The Hall–Kier alpha value is -2.00. The molecule has 1 unspecified atom stereocenters. The number of esters is 1. The number of carbonyl (C=O) groups is 1. The molecule has 0 saturated carbocycles. The summed E-state index contributed by atoms with van der Waals surface area (Å²) >= 11 is 5.90. The average molecular weight is 333 g/mol. The predicted molar refractivity (Wildman–Crippen MR) is 92.5 cm³/mol. The fourth-order valence-electron chi connectivity index (χ4n) is 2.26. The minimum absolute atomic E-state index is 0.142. The topological polar surface area (TPSA) is 35.5 Å². The van der Waals surface area contributed by atoms with E-state index in [-0.39, 0.29) is 6.61 Å². The van der Waals surface area contributed by atoms with Gasteiger partial charge in [0.25, 0.3) is 0 Å². The lowest BCUT2D eigenvalue weighted by Gasteiger charge is -2.15. The number of halogens is 1. The molecule has 2 aromatic carbocycles. The second kappa shape index (κ2) is 8.02. The first-order valence-corrected chi connectivity index (χ1v) is 8.07. The zero-order valence-corrected chi connectivity index (χ0v) is 14.4. The van der Waals surface area contributed by atoms with Crippen molar-refractivity contribution >= 4 is 17.6 Å². The SMILES string of the molecule is CCC(C)c1ccccc1OC(=O)COc1ccc(Cl)cc1C. The van der Waals surface area contributed by atoms with E-state index < -0.39 is 5.97 Å². The van der Waals surface area contributed by atoms with E-state index in [9.17, 15) is 4.79 Å². The third-order valence-electron chi connectivity index (χ3n) is 3.77. The van der Waals surface area contributed by atoms with Crippen LogP contribution in [0.5, 0.6) is 11.5 Å². The molecule has 0 saturated heterocycles. The number of ether oxygens (including phenoxy) is 2. The molecule has 2 aromatic rings. The molecule has 0 heterocycles. The van der Waals surface area contributed by atoms with Crippen molar-refractivity contribution in [3.05, 3.63) is 58.6 Å². The van der Waals surface area contributed by atoms with Crippen LogP contribution in [-0.2, 0) is 4.79 Å². The van der Waals surface area contributed by atoms with Crippen molar-refractivity contribution in [3.8, 4) is 11.5 Å². The summed E-state index contributed by atoms with van der Waals surface area (Å²) in [5.74, 6) is 1.14. The number of benzene rings is 2. The Balaban J connectivity index is 2.00. The van der Waals surface area contributed by atoms with Gasteiger partial charge in [0, 0.05) is 5.02 Å². The molecule has 0 amide bonds. The van der Waals surface area contributed by atoms with Gasteiger partial charge in [-0.2, -0.15) is 0 Å². The maximum Gasteiger partial charge on any atom is 0.349 e. The maximum atomic E-state index is 12.1. The van der Waals surface area contributed by atoms with Crippen molar-refractivity contribution in [2.24, 2.45) is 0 Å². The molecular formula is C19H21ClO3. The number of para-hydroxylation sites is 1. The Labute approximate surface area is 142 Å². The predicted octanol–water partition coefficient (Wildman–Crippen LogP) is 5.15. The Morgan fingerprint density at radius 1 is 1.17 bits per heavy atom. The van der Waals surface area contributed by atoms with Crippen molar-refractivity contribution in [1.82, 2.24) is 0 Å². The second-order valence-electron chi connectivity index (χ2n) is 5.52. The van der Waals surface area contributed by atoms with Gasteiger partial charge in [-0.05, 0) is 54.7 Å². The van der Waals surface area contributed by atoms with Gasteiger partial charge in [0.05, 0.1) is 0 Å². The van der Waals surface area contributed by atoms with Crippen molar-refractivity contribution in [2.75, 3.05) is 6.61 Å². The Morgan fingerprint density at radius 3 is 2.61 bits per heavy atom. The van der Waals surface area contributed by atoms with Crippen LogP contribution < -0.4 is 9.47 Å². The molecule has 1 atom stereocenters. The van der Waals surface area contributed by atoms with Crippen LogP contribution in [0, 0.1) is 6.92 Å². The molecule has 0 aliphatic carbocycles. The summed E-state index contributed by atoms with van der Waals surface area (Å²) in [5, 5.41) is 0.639. The van der Waals surface area contributed by atoms with E-state index in [1.807, 2.05) is 31.2 Å². The quantitative estimate of drug-likeness (QED) is 0.542. The highest BCUT2D eigenvalue weighted by molar-refractivity contribution is 6.30. The van der Waals surface area contributed by atoms with Crippen molar-refractivity contribution < 1.29 is 14.3 Å². The fraction of sp³-hybridized carbons (Fsp3) is 0.316. The summed E-state index contributed by atoms with van der Waals surface area (Å²) in [6.07, 6.45) is 0.981. The lowest BCUT2D eigenvalue weighted by Crippen LogP contribution is -2.19. The molecule has 23 heavy (non-hydrogen) atoms. The molecule has 0 aliphatic rings. The van der Waals surface area contributed by atoms with Crippen LogP contribution in [0.25, 0.3) is 0 Å². The zero-order chi connectivity index (χ0) is 16.8. The summed E-state index contributed by atoms with van der Waals surface area (Å²) in [4.78, 5) is 12.1. The molecule has 0 spiro atoms. The van der Waals surface area contributed by atoms with Crippen molar-refractivity contribution in [1.29, 1.82) is 0 Å². The summed E-state index contributed by atoms with van der Waals surface area (Å²) in [7, 11) is 0. The van der Waals surface area contributed by atoms with E-state index >= 15 is 0 Å². The minimum atomic E-state index is -0.421. The highest BCUT2D eigenvalue weighted by Crippen LogP contribution is 2.28. The third kappa shape index (κ3) is 4.73. The van der Waals surface area contributed by atoms with Gasteiger partial charge in [0.2, 0.25) is 0 Å². The van der Waals surface area contributed by atoms with Crippen LogP contribution in [0.4, 0.5) is 0 Å². The number of carbonyl (C=O) groups excluding carboxylic acids is 1. The molecule has 0 aliphatic heterocycles. The average Bonchev–Trinajstić information content (AvgIpc) is 2.54. The molecule has 122 valence electrons. The lowest BCUT2D eigenvalue weighted by atomic mass is 9.98. The van der Waals surface area contributed by atoms with Gasteiger partial charge in [0.1, 0.15) is 11.5 Å². The molecule has 4 heteroatoms. The minimum Gasteiger partial charge on any atom is -0.482 e. The van der Waals surface area contributed by atoms with Crippen molar-refractivity contribution in [3.63, 3.8) is 0 Å². The van der Waals surface area contributed by atoms with Crippen LogP contribution >= 0.6 is 11.6 Å². The van der Waals surface area contributed by atoms with Crippen LogP contribution in [0.15, 0.2) is 42.5 Å². The molecule has 3 nitrogen and oxygen atoms in total. The Kier molecular flexibility index (Phi) is 6.05. The number of rotatable bonds is 6. The highest BCUT2D eigenvalue weighted by Gasteiger charge is 2.14. The van der Waals surface area contributed by atoms with E-state index in [0.29, 0.717) is 22.4 Å². The maximum absolute atomic E-state index is 12.1. The Morgan fingerprint density at radius 2 is 1.91 bits per heavy atom. The van der Waals surface area contributed by atoms with E-state index in [4.69, 9.17) is 21.1 Å².